The minimum atomic E-state index is -0.301. The van der Waals surface area contributed by atoms with Crippen LogP contribution in [0, 0.1) is 5.92 Å². The summed E-state index contributed by atoms with van der Waals surface area (Å²) in [6, 6.07) is 0. The molecule has 0 N–H and O–H groups in total. The molecule has 0 saturated carbocycles. The lowest BCUT2D eigenvalue weighted by molar-refractivity contribution is -0.140. The summed E-state index contributed by atoms with van der Waals surface area (Å²) in [5.41, 5.74) is -0.136. The second kappa shape index (κ2) is 6.92. The number of carbonyl (C=O) groups is 1. The van der Waals surface area contributed by atoms with Crippen LogP contribution in [0.25, 0.3) is 0 Å². The molecule has 0 amide bonds. The van der Waals surface area contributed by atoms with Crippen molar-refractivity contribution in [3.63, 3.8) is 0 Å². The number of esters is 1. The maximum atomic E-state index is 12.2. The van der Waals surface area contributed by atoms with E-state index in [1.165, 1.54) is 7.11 Å². The molecular weight excluding hydrogens is 246 g/mol. The Hall–Kier alpha value is -1.85. The summed E-state index contributed by atoms with van der Waals surface area (Å²) in [6.45, 7) is 5.15. The summed E-state index contributed by atoms with van der Waals surface area (Å²) in [5, 5.41) is 0. The Balaban J connectivity index is 2.83. The average Bonchev–Trinajstić information content (AvgIpc) is 2.37. The Bertz CT molecular complexity index is 482. The minimum Gasteiger partial charge on any atom is -0.469 e. The van der Waals surface area contributed by atoms with Gasteiger partial charge in [0, 0.05) is 32.5 Å². The molecule has 1 rings (SSSR count). The summed E-state index contributed by atoms with van der Waals surface area (Å²) in [7, 11) is 3.09. The third kappa shape index (κ3) is 4.39. The van der Waals surface area contributed by atoms with Gasteiger partial charge < -0.3 is 14.2 Å². The van der Waals surface area contributed by atoms with Gasteiger partial charge in [-0.2, -0.15) is 0 Å². The Kier molecular flexibility index (Phi) is 5.54. The van der Waals surface area contributed by atoms with Crippen LogP contribution in [-0.4, -0.2) is 36.2 Å². The molecule has 0 radical (unpaired) electrons. The van der Waals surface area contributed by atoms with Gasteiger partial charge in [-0.3, -0.25) is 9.59 Å². The molecule has 0 saturated heterocycles. The predicted molar refractivity (Wildman–Crippen MR) is 73.2 cm³/mol. The fourth-order valence-electron chi connectivity index (χ4n) is 1.70. The molecule has 0 spiro atoms. The molecule has 0 aliphatic rings. The molecule has 0 aliphatic heterocycles. The van der Waals surface area contributed by atoms with E-state index in [0.29, 0.717) is 24.8 Å². The highest BCUT2D eigenvalue weighted by Crippen LogP contribution is 2.03. The fraction of sp³-hybridized carbons (Fsp3) is 0.615. The van der Waals surface area contributed by atoms with Gasteiger partial charge >= 0.3 is 5.97 Å². The highest BCUT2D eigenvalue weighted by atomic mass is 16.5. The van der Waals surface area contributed by atoms with Gasteiger partial charge in [0.15, 0.2) is 5.82 Å². The second-order valence-corrected chi connectivity index (χ2v) is 4.85. The van der Waals surface area contributed by atoms with Crippen molar-refractivity contribution >= 4 is 11.8 Å². The zero-order valence-electron chi connectivity index (χ0n) is 11.9. The Morgan fingerprint density at radius 1 is 1.53 bits per heavy atom. The number of rotatable bonds is 6. The fourth-order valence-corrected chi connectivity index (χ4v) is 1.70. The zero-order valence-corrected chi connectivity index (χ0v) is 11.9. The molecule has 6 heteroatoms. The molecule has 0 atom stereocenters. The van der Waals surface area contributed by atoms with Crippen molar-refractivity contribution in [3.8, 4) is 0 Å². The monoisotopic (exact) mass is 267 g/mol. The van der Waals surface area contributed by atoms with Crippen LogP contribution in [0.5, 0.6) is 0 Å². The summed E-state index contributed by atoms with van der Waals surface area (Å²) >= 11 is 0. The van der Waals surface area contributed by atoms with Gasteiger partial charge in [-0.25, -0.2) is 4.98 Å². The van der Waals surface area contributed by atoms with Gasteiger partial charge in [-0.1, -0.05) is 13.8 Å². The lowest BCUT2D eigenvalue weighted by atomic mass is 10.2. The van der Waals surface area contributed by atoms with Gasteiger partial charge in [0.05, 0.1) is 13.5 Å². The number of carbonyl (C=O) groups excluding carboxylic acids is 1. The molecule has 1 heterocycles. The third-order valence-corrected chi connectivity index (χ3v) is 2.70. The van der Waals surface area contributed by atoms with Crippen molar-refractivity contribution in [2.75, 3.05) is 25.6 Å². The minimum absolute atomic E-state index is 0.136. The molecule has 0 aliphatic carbocycles. The zero-order chi connectivity index (χ0) is 14.4. The summed E-state index contributed by atoms with van der Waals surface area (Å²) in [5.74, 6) is 0.436. The standard InChI is InChI=1S/C13H21N3O3/c1-10(2)9-16-8-6-14-12(13(16)18)15(3)7-5-11(17)19-4/h6,8,10H,5,7,9H2,1-4H3. The molecule has 1 aromatic rings. The van der Waals surface area contributed by atoms with E-state index in [-0.39, 0.29) is 17.9 Å². The van der Waals surface area contributed by atoms with Crippen LogP contribution in [0.1, 0.15) is 20.3 Å². The molecule has 0 fully saturated rings. The van der Waals surface area contributed by atoms with Gasteiger partial charge in [-0.15, -0.1) is 0 Å². The highest BCUT2D eigenvalue weighted by molar-refractivity contribution is 5.69. The maximum absolute atomic E-state index is 12.2. The van der Waals surface area contributed by atoms with E-state index in [9.17, 15) is 9.59 Å². The second-order valence-electron chi connectivity index (χ2n) is 4.85. The number of nitrogens with zero attached hydrogens (tertiary/aromatic N) is 3. The number of ether oxygens (including phenoxy) is 1. The van der Waals surface area contributed by atoms with Gasteiger partial charge in [0.2, 0.25) is 0 Å². The van der Waals surface area contributed by atoms with E-state index < -0.39 is 0 Å². The van der Waals surface area contributed by atoms with E-state index in [1.807, 2.05) is 13.8 Å². The van der Waals surface area contributed by atoms with E-state index in [0.717, 1.165) is 0 Å². The first-order valence-electron chi connectivity index (χ1n) is 6.29. The third-order valence-electron chi connectivity index (χ3n) is 2.70. The Morgan fingerprint density at radius 2 is 2.21 bits per heavy atom. The first-order chi connectivity index (χ1) is 8.95. The van der Waals surface area contributed by atoms with Crippen LogP contribution in [-0.2, 0) is 16.1 Å². The van der Waals surface area contributed by atoms with Gasteiger partial charge in [0.1, 0.15) is 0 Å². The van der Waals surface area contributed by atoms with Crippen molar-refractivity contribution in [3.05, 3.63) is 22.7 Å². The topological polar surface area (TPSA) is 64.4 Å². The molecule has 6 nitrogen and oxygen atoms in total. The largest absolute Gasteiger partial charge is 0.469 e. The van der Waals surface area contributed by atoms with Crippen LogP contribution in [0.4, 0.5) is 5.82 Å². The van der Waals surface area contributed by atoms with Crippen LogP contribution in [0.2, 0.25) is 0 Å². The molecule has 19 heavy (non-hydrogen) atoms. The van der Waals surface area contributed by atoms with Crippen LogP contribution in [0.3, 0.4) is 0 Å². The van der Waals surface area contributed by atoms with Crippen molar-refractivity contribution in [2.24, 2.45) is 5.92 Å². The molecule has 0 bridgehead atoms. The van der Waals surface area contributed by atoms with Crippen molar-refractivity contribution in [1.29, 1.82) is 0 Å². The Morgan fingerprint density at radius 3 is 2.79 bits per heavy atom. The SMILES string of the molecule is COC(=O)CCN(C)c1nccn(CC(C)C)c1=O. The lowest BCUT2D eigenvalue weighted by Gasteiger charge is -2.18. The predicted octanol–water partition coefficient (Wildman–Crippen LogP) is 0.899. The summed E-state index contributed by atoms with van der Waals surface area (Å²) in [4.78, 5) is 29.1. The maximum Gasteiger partial charge on any atom is 0.307 e. The summed E-state index contributed by atoms with van der Waals surface area (Å²) < 4.78 is 6.21. The average molecular weight is 267 g/mol. The van der Waals surface area contributed by atoms with E-state index in [4.69, 9.17) is 0 Å². The molecule has 0 aromatic carbocycles. The number of aromatic nitrogens is 2. The molecule has 106 valence electrons. The van der Waals surface area contributed by atoms with Crippen LogP contribution < -0.4 is 10.5 Å². The Labute approximate surface area is 113 Å². The molecular formula is C13H21N3O3. The first-order valence-corrected chi connectivity index (χ1v) is 6.29. The number of anilines is 1. The normalized spacial score (nSPS) is 10.6. The lowest BCUT2D eigenvalue weighted by Crippen LogP contribution is -2.32. The van der Waals surface area contributed by atoms with Gasteiger partial charge in [-0.05, 0) is 5.92 Å². The molecule has 1 aromatic heterocycles. The van der Waals surface area contributed by atoms with E-state index in [2.05, 4.69) is 9.72 Å². The summed E-state index contributed by atoms with van der Waals surface area (Å²) in [6.07, 6.45) is 3.51. The van der Waals surface area contributed by atoms with Crippen LogP contribution >= 0.6 is 0 Å². The van der Waals surface area contributed by atoms with E-state index >= 15 is 0 Å². The quantitative estimate of drug-likeness (QED) is 0.716. The number of methoxy groups -OCH3 is 1. The highest BCUT2D eigenvalue weighted by Gasteiger charge is 2.12. The van der Waals surface area contributed by atoms with Crippen molar-refractivity contribution in [1.82, 2.24) is 9.55 Å². The van der Waals surface area contributed by atoms with E-state index in [1.54, 1.807) is 28.9 Å². The van der Waals surface area contributed by atoms with Gasteiger partial charge in [0.25, 0.3) is 5.56 Å². The number of hydrogen-bond donors (Lipinski definition) is 0. The number of hydrogen-bond acceptors (Lipinski definition) is 5. The molecule has 0 unspecified atom stereocenters. The van der Waals surface area contributed by atoms with Crippen molar-refractivity contribution < 1.29 is 9.53 Å². The first kappa shape index (κ1) is 15.2. The van der Waals surface area contributed by atoms with Crippen molar-refractivity contribution in [2.45, 2.75) is 26.8 Å². The smallest absolute Gasteiger partial charge is 0.307 e. The van der Waals surface area contributed by atoms with Crippen LogP contribution in [0.15, 0.2) is 17.2 Å².